The molecule has 2 aliphatic rings. The van der Waals surface area contributed by atoms with Gasteiger partial charge in [-0.2, -0.15) is 0 Å². The molecule has 1 saturated carbocycles. The van der Waals surface area contributed by atoms with Crippen LogP contribution in [0.2, 0.25) is 0 Å². The molecule has 2 atom stereocenters. The number of sulfonamides is 1. The Labute approximate surface area is 153 Å². The van der Waals surface area contributed by atoms with E-state index < -0.39 is 21.9 Å². The fourth-order valence-electron chi connectivity index (χ4n) is 3.76. The van der Waals surface area contributed by atoms with E-state index in [2.05, 4.69) is 5.32 Å². The number of benzene rings is 1. The van der Waals surface area contributed by atoms with Crippen molar-refractivity contribution in [3.05, 3.63) is 23.8 Å². The minimum absolute atomic E-state index is 0.141. The number of aryl methyl sites for hydroxylation is 1. The van der Waals surface area contributed by atoms with Crippen LogP contribution in [0.4, 0.5) is 11.4 Å². The van der Waals surface area contributed by atoms with Crippen LogP contribution >= 0.6 is 0 Å². The molecule has 1 aliphatic heterocycles. The van der Waals surface area contributed by atoms with Gasteiger partial charge in [-0.1, -0.05) is 12.5 Å². The van der Waals surface area contributed by atoms with Gasteiger partial charge < -0.3 is 10.4 Å². The van der Waals surface area contributed by atoms with Gasteiger partial charge >= 0.3 is 5.97 Å². The molecule has 1 amide bonds. The summed E-state index contributed by atoms with van der Waals surface area (Å²) in [5, 5.41) is 12.0. The van der Waals surface area contributed by atoms with Crippen LogP contribution in [-0.4, -0.2) is 37.7 Å². The lowest BCUT2D eigenvalue weighted by Gasteiger charge is -2.26. The van der Waals surface area contributed by atoms with E-state index >= 15 is 0 Å². The number of hydrogen-bond donors (Lipinski definition) is 2. The molecule has 2 N–H and O–H groups in total. The maximum absolute atomic E-state index is 12.5. The summed E-state index contributed by atoms with van der Waals surface area (Å²) in [6.45, 7) is 2.29. The zero-order chi connectivity index (χ0) is 18.9. The predicted octanol–water partition coefficient (Wildman–Crippen LogP) is 2.36. The van der Waals surface area contributed by atoms with Crippen LogP contribution < -0.4 is 9.62 Å². The highest BCUT2D eigenvalue weighted by molar-refractivity contribution is 7.93. The molecule has 1 aromatic rings. The van der Waals surface area contributed by atoms with Crippen molar-refractivity contribution in [2.75, 3.05) is 21.9 Å². The fraction of sp³-hybridized carbons (Fsp3) is 0.556. The minimum Gasteiger partial charge on any atom is -0.481 e. The Morgan fingerprint density at radius 3 is 2.58 bits per heavy atom. The fourth-order valence-corrected chi connectivity index (χ4v) is 5.38. The summed E-state index contributed by atoms with van der Waals surface area (Å²) >= 11 is 0. The van der Waals surface area contributed by atoms with Gasteiger partial charge in [-0.25, -0.2) is 8.42 Å². The van der Waals surface area contributed by atoms with Crippen LogP contribution in [0, 0.1) is 18.8 Å². The van der Waals surface area contributed by atoms with Crippen molar-refractivity contribution in [2.45, 2.75) is 39.0 Å². The van der Waals surface area contributed by atoms with E-state index in [0.717, 1.165) is 12.0 Å². The molecule has 7 nitrogen and oxygen atoms in total. The highest BCUT2D eigenvalue weighted by Gasteiger charge is 2.32. The summed E-state index contributed by atoms with van der Waals surface area (Å²) in [6, 6.07) is 5.23. The van der Waals surface area contributed by atoms with Gasteiger partial charge in [-0.3, -0.25) is 13.9 Å². The molecule has 2 unspecified atom stereocenters. The zero-order valence-corrected chi connectivity index (χ0v) is 15.6. The van der Waals surface area contributed by atoms with Crippen molar-refractivity contribution in [1.82, 2.24) is 0 Å². The summed E-state index contributed by atoms with van der Waals surface area (Å²) < 4.78 is 25.8. The smallest absolute Gasteiger partial charge is 0.306 e. The average Bonchev–Trinajstić information content (AvgIpc) is 2.95. The maximum atomic E-state index is 12.5. The molecule has 0 spiro atoms. The summed E-state index contributed by atoms with van der Waals surface area (Å²) in [5.41, 5.74) is 1.96. The second kappa shape index (κ2) is 7.26. The first-order chi connectivity index (χ1) is 12.3. The highest BCUT2D eigenvalue weighted by atomic mass is 32.2. The normalized spacial score (nSPS) is 25.0. The predicted molar refractivity (Wildman–Crippen MR) is 98.6 cm³/mol. The molecule has 26 heavy (non-hydrogen) atoms. The summed E-state index contributed by atoms with van der Waals surface area (Å²) in [6.07, 6.45) is 2.95. The van der Waals surface area contributed by atoms with E-state index in [1.54, 1.807) is 18.2 Å². The number of rotatable bonds is 4. The standard InChI is InChI=1S/C18H24N2O5S/c1-12-6-7-15(11-16(12)20-8-3-9-26(20,24)25)19-17(21)13-4-2-5-14(10-13)18(22)23/h6-7,11,13-14H,2-5,8-10H2,1H3,(H,19,21)(H,22,23). The number of nitrogens with zero attached hydrogens (tertiary/aromatic N) is 1. The summed E-state index contributed by atoms with van der Waals surface area (Å²) in [7, 11) is -3.29. The number of carbonyl (C=O) groups is 2. The first-order valence-electron chi connectivity index (χ1n) is 8.92. The molecule has 0 aromatic heterocycles. The lowest BCUT2D eigenvalue weighted by atomic mass is 9.81. The topological polar surface area (TPSA) is 104 Å². The van der Waals surface area contributed by atoms with Gasteiger partial charge in [0, 0.05) is 18.2 Å². The third-order valence-corrected chi connectivity index (χ3v) is 7.09. The van der Waals surface area contributed by atoms with Gasteiger partial charge in [0.2, 0.25) is 15.9 Å². The highest BCUT2D eigenvalue weighted by Crippen LogP contribution is 2.32. The Hall–Kier alpha value is -2.09. The van der Waals surface area contributed by atoms with Gasteiger partial charge in [0.05, 0.1) is 17.4 Å². The lowest BCUT2D eigenvalue weighted by molar-refractivity contribution is -0.143. The van der Waals surface area contributed by atoms with E-state index in [1.165, 1.54) is 4.31 Å². The largest absolute Gasteiger partial charge is 0.481 e. The van der Waals surface area contributed by atoms with Gasteiger partial charge in [0.25, 0.3) is 0 Å². The van der Waals surface area contributed by atoms with E-state index in [4.69, 9.17) is 0 Å². The SMILES string of the molecule is Cc1ccc(NC(=O)C2CCCC(C(=O)O)C2)cc1N1CCCS1(=O)=O. The summed E-state index contributed by atoms with van der Waals surface area (Å²) in [5.74, 6) is -1.70. The number of carboxylic acids is 1. The molecule has 8 heteroatoms. The van der Waals surface area contributed by atoms with Crippen molar-refractivity contribution in [3.8, 4) is 0 Å². The summed E-state index contributed by atoms with van der Waals surface area (Å²) in [4.78, 5) is 23.7. The van der Waals surface area contributed by atoms with Crippen LogP contribution in [0.5, 0.6) is 0 Å². The molecule has 1 saturated heterocycles. The van der Waals surface area contributed by atoms with Crippen molar-refractivity contribution in [2.24, 2.45) is 11.8 Å². The Morgan fingerprint density at radius 1 is 1.19 bits per heavy atom. The second-order valence-electron chi connectivity index (χ2n) is 7.13. The molecule has 1 aliphatic carbocycles. The van der Waals surface area contributed by atoms with Crippen molar-refractivity contribution >= 4 is 33.3 Å². The number of amides is 1. The Bertz CT molecular complexity index is 821. The number of nitrogens with one attached hydrogen (secondary N) is 1. The number of aliphatic carboxylic acids is 1. The lowest BCUT2D eigenvalue weighted by Crippen LogP contribution is -2.31. The van der Waals surface area contributed by atoms with Gasteiger partial charge in [0.15, 0.2) is 0 Å². The minimum atomic E-state index is -3.29. The maximum Gasteiger partial charge on any atom is 0.306 e. The second-order valence-corrected chi connectivity index (χ2v) is 9.14. The molecule has 1 heterocycles. The quantitative estimate of drug-likeness (QED) is 0.834. The number of hydrogen-bond acceptors (Lipinski definition) is 4. The number of anilines is 2. The van der Waals surface area contributed by atoms with Crippen LogP contribution in [0.15, 0.2) is 18.2 Å². The van der Waals surface area contributed by atoms with Crippen LogP contribution in [-0.2, 0) is 19.6 Å². The van der Waals surface area contributed by atoms with Crippen molar-refractivity contribution < 1.29 is 23.1 Å². The average molecular weight is 380 g/mol. The zero-order valence-electron chi connectivity index (χ0n) is 14.8. The molecule has 3 rings (SSSR count). The molecule has 0 bridgehead atoms. The third kappa shape index (κ3) is 3.85. The van der Waals surface area contributed by atoms with E-state index in [0.29, 0.717) is 43.6 Å². The Kier molecular flexibility index (Phi) is 5.22. The van der Waals surface area contributed by atoms with Crippen molar-refractivity contribution in [1.29, 1.82) is 0 Å². The molecule has 2 fully saturated rings. The molecular formula is C18H24N2O5S. The monoisotopic (exact) mass is 380 g/mol. The van der Waals surface area contributed by atoms with Crippen LogP contribution in [0.25, 0.3) is 0 Å². The molecule has 1 aromatic carbocycles. The first kappa shape index (κ1) is 18.7. The number of carboxylic acid groups (broad SMARTS) is 1. The molecule has 0 radical (unpaired) electrons. The van der Waals surface area contributed by atoms with E-state index in [9.17, 15) is 23.1 Å². The van der Waals surface area contributed by atoms with Crippen LogP contribution in [0.3, 0.4) is 0 Å². The van der Waals surface area contributed by atoms with E-state index in [1.807, 2.05) is 6.92 Å². The van der Waals surface area contributed by atoms with Gasteiger partial charge in [-0.05, 0) is 50.3 Å². The first-order valence-corrected chi connectivity index (χ1v) is 10.5. The van der Waals surface area contributed by atoms with Gasteiger partial charge in [-0.15, -0.1) is 0 Å². The van der Waals surface area contributed by atoms with Gasteiger partial charge in [0.1, 0.15) is 0 Å². The third-order valence-electron chi connectivity index (χ3n) is 5.24. The Morgan fingerprint density at radius 2 is 1.92 bits per heavy atom. The number of carbonyl (C=O) groups excluding carboxylic acids is 1. The molecular weight excluding hydrogens is 356 g/mol. The Balaban J connectivity index is 1.75. The van der Waals surface area contributed by atoms with E-state index in [-0.39, 0.29) is 17.6 Å². The van der Waals surface area contributed by atoms with Crippen molar-refractivity contribution in [3.63, 3.8) is 0 Å². The molecule has 142 valence electrons. The van der Waals surface area contributed by atoms with Crippen LogP contribution in [0.1, 0.15) is 37.7 Å².